The van der Waals surface area contributed by atoms with Gasteiger partial charge in [-0.1, -0.05) is 11.3 Å². The number of carbonyl (C=O) groups excluding carboxylic acids is 1. The van der Waals surface area contributed by atoms with Crippen LogP contribution in [0, 0.1) is 5.82 Å². The van der Waals surface area contributed by atoms with Crippen molar-refractivity contribution >= 4 is 28.1 Å². The number of hydrogen-bond donors (Lipinski definition) is 1. The van der Waals surface area contributed by atoms with Crippen molar-refractivity contribution in [2.45, 2.75) is 0 Å². The maximum absolute atomic E-state index is 12.8. The zero-order valence-electron chi connectivity index (χ0n) is 9.85. The number of aromatic nitrogens is 2. The van der Waals surface area contributed by atoms with E-state index in [2.05, 4.69) is 15.5 Å². The summed E-state index contributed by atoms with van der Waals surface area (Å²) in [4.78, 5) is 13.5. The third kappa shape index (κ3) is 2.45. The highest BCUT2D eigenvalue weighted by molar-refractivity contribution is 7.17. The quantitative estimate of drug-likeness (QED) is 0.923. The molecule has 1 amide bonds. The SMILES string of the molecule is CNc1nnc(C(=O)N(C)c2ccc(F)cc2)s1. The summed E-state index contributed by atoms with van der Waals surface area (Å²) in [7, 11) is 3.31. The molecule has 0 saturated carbocycles. The van der Waals surface area contributed by atoms with Crippen LogP contribution in [0.5, 0.6) is 0 Å². The van der Waals surface area contributed by atoms with Crippen molar-refractivity contribution in [2.24, 2.45) is 0 Å². The van der Waals surface area contributed by atoms with E-state index in [4.69, 9.17) is 0 Å². The second kappa shape index (κ2) is 5.09. The highest BCUT2D eigenvalue weighted by Crippen LogP contribution is 2.19. The molecule has 0 unspecified atom stereocenters. The average Bonchev–Trinajstić information content (AvgIpc) is 2.86. The minimum atomic E-state index is -0.340. The molecule has 1 N–H and O–H groups in total. The van der Waals surface area contributed by atoms with E-state index in [1.54, 1.807) is 14.1 Å². The molecule has 0 aliphatic rings. The van der Waals surface area contributed by atoms with Gasteiger partial charge >= 0.3 is 0 Å². The number of halogens is 1. The van der Waals surface area contributed by atoms with Crippen LogP contribution in [0.1, 0.15) is 9.80 Å². The molecule has 0 aliphatic carbocycles. The number of hydrogen-bond acceptors (Lipinski definition) is 5. The fraction of sp³-hybridized carbons (Fsp3) is 0.182. The summed E-state index contributed by atoms with van der Waals surface area (Å²) in [6, 6.07) is 5.68. The Morgan fingerprint density at radius 2 is 2.00 bits per heavy atom. The van der Waals surface area contributed by atoms with E-state index in [0.29, 0.717) is 10.8 Å². The fourth-order valence-corrected chi connectivity index (χ4v) is 2.01. The zero-order valence-corrected chi connectivity index (χ0v) is 10.7. The Labute approximate surface area is 107 Å². The van der Waals surface area contributed by atoms with Crippen molar-refractivity contribution in [2.75, 3.05) is 24.3 Å². The lowest BCUT2D eigenvalue weighted by molar-refractivity contribution is 0.0992. The van der Waals surface area contributed by atoms with Crippen molar-refractivity contribution in [3.63, 3.8) is 0 Å². The first-order valence-electron chi connectivity index (χ1n) is 5.16. The van der Waals surface area contributed by atoms with Crippen molar-refractivity contribution < 1.29 is 9.18 Å². The summed E-state index contributed by atoms with van der Waals surface area (Å²) in [6.07, 6.45) is 0. The molecule has 5 nitrogen and oxygen atoms in total. The lowest BCUT2D eigenvalue weighted by Crippen LogP contribution is -2.26. The number of rotatable bonds is 3. The first-order valence-corrected chi connectivity index (χ1v) is 5.98. The zero-order chi connectivity index (χ0) is 13.1. The van der Waals surface area contributed by atoms with Gasteiger partial charge in [0.25, 0.3) is 5.91 Å². The van der Waals surface area contributed by atoms with Crippen molar-refractivity contribution in [3.8, 4) is 0 Å². The molecule has 2 aromatic rings. The topological polar surface area (TPSA) is 58.1 Å². The molecule has 0 aliphatic heterocycles. The summed E-state index contributed by atoms with van der Waals surface area (Å²) >= 11 is 1.17. The predicted molar refractivity (Wildman–Crippen MR) is 68.6 cm³/mol. The normalized spacial score (nSPS) is 10.2. The molecule has 1 heterocycles. The average molecular weight is 266 g/mol. The molecule has 94 valence electrons. The Morgan fingerprint density at radius 3 is 2.56 bits per heavy atom. The van der Waals surface area contributed by atoms with E-state index in [9.17, 15) is 9.18 Å². The van der Waals surface area contributed by atoms with Gasteiger partial charge in [0.2, 0.25) is 10.1 Å². The predicted octanol–water partition coefficient (Wildman–Crippen LogP) is 2.00. The maximum Gasteiger partial charge on any atom is 0.289 e. The van der Waals surface area contributed by atoms with Gasteiger partial charge in [-0.05, 0) is 24.3 Å². The molecule has 0 atom stereocenters. The van der Waals surface area contributed by atoms with Crippen molar-refractivity contribution in [1.82, 2.24) is 10.2 Å². The monoisotopic (exact) mass is 266 g/mol. The van der Waals surface area contributed by atoms with Crippen molar-refractivity contribution in [1.29, 1.82) is 0 Å². The molecular weight excluding hydrogens is 255 g/mol. The molecule has 0 bridgehead atoms. The van der Waals surface area contributed by atoms with Crippen LogP contribution < -0.4 is 10.2 Å². The fourth-order valence-electron chi connectivity index (χ4n) is 1.34. The second-order valence-corrected chi connectivity index (χ2v) is 4.48. The largest absolute Gasteiger partial charge is 0.363 e. The van der Waals surface area contributed by atoms with Gasteiger partial charge in [-0.3, -0.25) is 4.79 Å². The third-order valence-electron chi connectivity index (χ3n) is 2.34. The summed E-state index contributed by atoms with van der Waals surface area (Å²) in [5.74, 6) is -0.617. The van der Waals surface area contributed by atoms with E-state index in [-0.39, 0.29) is 16.7 Å². The molecule has 0 fully saturated rings. The Balaban J connectivity index is 2.20. The first-order chi connectivity index (χ1) is 8.61. The van der Waals surface area contributed by atoms with Crippen LogP contribution in [-0.2, 0) is 0 Å². The highest BCUT2D eigenvalue weighted by atomic mass is 32.1. The highest BCUT2D eigenvalue weighted by Gasteiger charge is 2.18. The number of amides is 1. The van der Waals surface area contributed by atoms with Gasteiger partial charge in [-0.2, -0.15) is 0 Å². The summed E-state index contributed by atoms with van der Waals surface area (Å²) in [5, 5.41) is 11.3. The van der Waals surface area contributed by atoms with E-state index < -0.39 is 0 Å². The standard InChI is InChI=1S/C11H11FN4OS/c1-13-11-15-14-9(18-11)10(17)16(2)8-5-3-7(12)4-6-8/h3-6H,1-2H3,(H,13,15). The van der Waals surface area contributed by atoms with Crippen LogP contribution in [-0.4, -0.2) is 30.2 Å². The molecule has 18 heavy (non-hydrogen) atoms. The molecule has 0 saturated heterocycles. The van der Waals surface area contributed by atoms with Crippen LogP contribution in [0.25, 0.3) is 0 Å². The molecule has 1 aromatic carbocycles. The van der Waals surface area contributed by atoms with Gasteiger partial charge in [0.1, 0.15) is 5.82 Å². The number of nitrogens with one attached hydrogen (secondary N) is 1. The van der Waals surface area contributed by atoms with Gasteiger partial charge < -0.3 is 10.2 Å². The number of anilines is 2. The number of benzene rings is 1. The van der Waals surface area contributed by atoms with E-state index in [1.807, 2.05) is 0 Å². The van der Waals surface area contributed by atoms with Gasteiger partial charge in [-0.15, -0.1) is 10.2 Å². The first kappa shape index (κ1) is 12.4. The minimum Gasteiger partial charge on any atom is -0.363 e. The molecular formula is C11H11FN4OS. The van der Waals surface area contributed by atoms with E-state index in [1.165, 1.54) is 40.5 Å². The van der Waals surface area contributed by atoms with Crippen LogP contribution in [0.3, 0.4) is 0 Å². The molecule has 7 heteroatoms. The van der Waals surface area contributed by atoms with Crippen molar-refractivity contribution in [3.05, 3.63) is 35.1 Å². The Hall–Kier alpha value is -2.02. The lowest BCUT2D eigenvalue weighted by Gasteiger charge is -2.15. The van der Waals surface area contributed by atoms with Crippen LogP contribution >= 0.6 is 11.3 Å². The van der Waals surface area contributed by atoms with Crippen LogP contribution in [0.2, 0.25) is 0 Å². The Morgan fingerprint density at radius 1 is 1.33 bits per heavy atom. The molecule has 2 rings (SSSR count). The Kier molecular flexibility index (Phi) is 3.52. The van der Waals surface area contributed by atoms with Gasteiger partial charge in [0, 0.05) is 19.8 Å². The smallest absolute Gasteiger partial charge is 0.289 e. The molecule has 0 radical (unpaired) electrons. The third-order valence-corrected chi connectivity index (χ3v) is 3.27. The summed E-state index contributed by atoms with van der Waals surface area (Å²) in [6.45, 7) is 0. The van der Waals surface area contributed by atoms with E-state index >= 15 is 0 Å². The lowest BCUT2D eigenvalue weighted by atomic mass is 10.3. The number of carbonyl (C=O) groups is 1. The summed E-state index contributed by atoms with van der Waals surface area (Å²) < 4.78 is 12.8. The molecule has 1 aromatic heterocycles. The molecule has 0 spiro atoms. The van der Waals surface area contributed by atoms with Crippen LogP contribution in [0.15, 0.2) is 24.3 Å². The van der Waals surface area contributed by atoms with E-state index in [0.717, 1.165) is 0 Å². The minimum absolute atomic E-state index is 0.277. The Bertz CT molecular complexity index is 554. The maximum atomic E-state index is 12.8. The summed E-state index contributed by atoms with van der Waals surface area (Å²) in [5.41, 5.74) is 0.600. The van der Waals surface area contributed by atoms with Crippen LogP contribution in [0.4, 0.5) is 15.2 Å². The van der Waals surface area contributed by atoms with Gasteiger partial charge in [-0.25, -0.2) is 4.39 Å². The van der Waals surface area contributed by atoms with Gasteiger partial charge in [0.15, 0.2) is 0 Å². The van der Waals surface area contributed by atoms with Gasteiger partial charge in [0.05, 0.1) is 0 Å². The number of nitrogens with zero attached hydrogens (tertiary/aromatic N) is 3. The second-order valence-electron chi connectivity index (χ2n) is 3.50.